The second-order valence-corrected chi connectivity index (χ2v) is 10.00. The van der Waals surface area contributed by atoms with Gasteiger partial charge >= 0.3 is 6.36 Å². The van der Waals surface area contributed by atoms with E-state index >= 15 is 0 Å². The van der Waals surface area contributed by atoms with Crippen molar-refractivity contribution < 1.29 is 27.1 Å². The first kappa shape index (κ1) is 20.2. The van der Waals surface area contributed by atoms with Gasteiger partial charge in [0.15, 0.2) is 0 Å². The normalized spacial score (nSPS) is 31.0. The van der Waals surface area contributed by atoms with Crippen LogP contribution in [0, 0.1) is 0 Å². The first-order valence-corrected chi connectivity index (χ1v) is 11.0. The first-order valence-electron chi connectivity index (χ1n) is 10.2. The number of pyridine rings is 1. The fourth-order valence-corrected chi connectivity index (χ4v) is 5.51. The van der Waals surface area contributed by atoms with Crippen molar-refractivity contribution >= 4 is 27.5 Å². The van der Waals surface area contributed by atoms with Crippen molar-refractivity contribution in [1.82, 2.24) is 24.9 Å². The van der Waals surface area contributed by atoms with Gasteiger partial charge in [0.1, 0.15) is 11.3 Å². The van der Waals surface area contributed by atoms with Crippen LogP contribution < -0.4 is 5.32 Å². The molecule has 4 aliphatic rings. The summed E-state index contributed by atoms with van der Waals surface area (Å²) in [5.41, 5.74) is 0.469. The van der Waals surface area contributed by atoms with E-state index in [1.165, 1.54) is 0 Å². The number of rotatable bonds is 5. The van der Waals surface area contributed by atoms with E-state index in [1.54, 1.807) is 10.6 Å². The lowest BCUT2D eigenvalue weighted by atomic mass is 9.39. The zero-order valence-electron chi connectivity index (χ0n) is 16.5. The van der Waals surface area contributed by atoms with Crippen LogP contribution in [0.25, 0.3) is 5.65 Å². The molecule has 2 bridgehead atoms. The van der Waals surface area contributed by atoms with Gasteiger partial charge in [-0.2, -0.15) is 0 Å². The highest BCUT2D eigenvalue weighted by atomic mass is 79.9. The van der Waals surface area contributed by atoms with E-state index in [9.17, 15) is 18.0 Å². The average Bonchev–Trinajstić information content (AvgIpc) is 3.25. The predicted molar refractivity (Wildman–Crippen MR) is 106 cm³/mol. The Hall–Kier alpha value is -2.47. The third-order valence-corrected chi connectivity index (χ3v) is 7.20. The summed E-state index contributed by atoms with van der Waals surface area (Å²) in [6.07, 6.45) is 0.533. The fraction of sp³-hybridized carbons (Fsp3) is 0.500. The van der Waals surface area contributed by atoms with Gasteiger partial charge < -0.3 is 14.1 Å². The summed E-state index contributed by atoms with van der Waals surface area (Å²) in [4.78, 5) is 17.1. The molecule has 0 spiro atoms. The molecule has 168 valence electrons. The Labute approximate surface area is 187 Å². The quantitative estimate of drug-likeness (QED) is 0.558. The number of amides is 1. The van der Waals surface area contributed by atoms with Crippen LogP contribution in [0.3, 0.4) is 0 Å². The highest BCUT2D eigenvalue weighted by Crippen LogP contribution is 2.67. The Morgan fingerprint density at radius 3 is 2.75 bits per heavy atom. The van der Waals surface area contributed by atoms with Gasteiger partial charge in [-0.3, -0.25) is 9.53 Å². The number of alkyl halides is 3. The molecule has 32 heavy (non-hydrogen) atoms. The lowest BCUT2D eigenvalue weighted by Crippen LogP contribution is -2.76. The van der Waals surface area contributed by atoms with E-state index in [1.807, 2.05) is 18.3 Å². The predicted octanol–water partition coefficient (Wildman–Crippen LogP) is 3.87. The monoisotopic (exact) mass is 511 g/mol. The minimum Gasteiger partial charge on any atom is -0.424 e. The number of imidazole rings is 1. The maximum Gasteiger partial charge on any atom is 0.522 e. The molecule has 0 saturated heterocycles. The summed E-state index contributed by atoms with van der Waals surface area (Å²) in [7, 11) is 0. The van der Waals surface area contributed by atoms with Crippen molar-refractivity contribution in [2.45, 2.75) is 61.4 Å². The number of carbonyl (C=O) groups excluding carboxylic acids is 1. The van der Waals surface area contributed by atoms with Gasteiger partial charge in [-0.25, -0.2) is 4.98 Å². The summed E-state index contributed by atoms with van der Waals surface area (Å²) >= 11 is 3.39. The van der Waals surface area contributed by atoms with Gasteiger partial charge in [-0.05, 0) is 44.2 Å². The second-order valence-electron chi connectivity index (χ2n) is 9.08. The molecular weight excluding hydrogens is 495 g/mol. The highest BCUT2D eigenvalue weighted by Gasteiger charge is 2.72. The van der Waals surface area contributed by atoms with Crippen molar-refractivity contribution in [3.63, 3.8) is 0 Å². The Morgan fingerprint density at radius 1 is 1.28 bits per heavy atom. The van der Waals surface area contributed by atoms with Crippen LogP contribution in [0.4, 0.5) is 13.2 Å². The Morgan fingerprint density at radius 2 is 2.03 bits per heavy atom. The van der Waals surface area contributed by atoms with Crippen molar-refractivity contribution in [3.8, 4) is 0 Å². The molecule has 1 N–H and O–H groups in total. The summed E-state index contributed by atoms with van der Waals surface area (Å²) in [5.74, 6) is 0.427. The molecule has 3 heterocycles. The molecule has 8 nitrogen and oxygen atoms in total. The van der Waals surface area contributed by atoms with Crippen molar-refractivity contribution in [3.05, 3.63) is 46.5 Å². The van der Waals surface area contributed by atoms with Crippen molar-refractivity contribution in [2.24, 2.45) is 0 Å². The van der Waals surface area contributed by atoms with Gasteiger partial charge in [-0.1, -0.05) is 15.9 Å². The van der Waals surface area contributed by atoms with E-state index in [-0.39, 0.29) is 35.6 Å². The molecule has 4 aliphatic carbocycles. The standard InChI is InChI=1S/C20H17BrF3N5O3/c21-11-1-2-29-6-13(25-14(29)5-11)15(30)26-19-7-18(8-19,9-19)17-28-27-16(31-17)10-3-12(4-10)32-20(22,23)24/h1-2,5-6,10,12H,3-4,7-9H2,(H,26,30). The number of ether oxygens (including phenoxy) is 1. The Kier molecular flexibility index (Phi) is 4.12. The number of aromatic nitrogens is 4. The SMILES string of the molecule is O=C(NC12CC(c3nnc(C4CC(OC(F)(F)F)C4)o3)(C1)C2)c1cn2ccc(Br)cc2n1. The molecule has 4 fully saturated rings. The third-order valence-electron chi connectivity index (χ3n) is 6.70. The maximum absolute atomic E-state index is 12.7. The molecule has 12 heteroatoms. The van der Waals surface area contributed by atoms with Gasteiger partial charge in [0.05, 0.1) is 11.5 Å². The van der Waals surface area contributed by atoms with E-state index in [0.29, 0.717) is 42.4 Å². The number of hydrogen-bond acceptors (Lipinski definition) is 6. The topological polar surface area (TPSA) is 94.5 Å². The van der Waals surface area contributed by atoms with Gasteiger partial charge in [-0.15, -0.1) is 23.4 Å². The number of hydrogen-bond donors (Lipinski definition) is 1. The molecule has 0 atom stereocenters. The molecule has 4 saturated carbocycles. The minimum absolute atomic E-state index is 0.209. The summed E-state index contributed by atoms with van der Waals surface area (Å²) in [6.45, 7) is 0. The molecule has 0 unspecified atom stereocenters. The smallest absolute Gasteiger partial charge is 0.424 e. The number of carbonyl (C=O) groups is 1. The molecular formula is C20H17BrF3N5O3. The van der Waals surface area contributed by atoms with E-state index in [0.717, 1.165) is 4.47 Å². The van der Waals surface area contributed by atoms with Crippen LogP contribution >= 0.6 is 15.9 Å². The molecule has 3 aromatic heterocycles. The molecule has 1 amide bonds. The zero-order valence-corrected chi connectivity index (χ0v) is 18.1. The number of nitrogens with zero attached hydrogens (tertiary/aromatic N) is 4. The molecule has 7 rings (SSSR count). The summed E-state index contributed by atoms with van der Waals surface area (Å²) < 4.78 is 49.3. The average molecular weight is 512 g/mol. The van der Waals surface area contributed by atoms with Gasteiger partial charge in [0.25, 0.3) is 5.91 Å². The largest absolute Gasteiger partial charge is 0.522 e. The van der Waals surface area contributed by atoms with E-state index in [2.05, 4.69) is 41.2 Å². The minimum atomic E-state index is -4.62. The van der Waals surface area contributed by atoms with E-state index < -0.39 is 12.5 Å². The number of fused-ring (bicyclic) bond motifs is 1. The Balaban J connectivity index is 1.06. The number of nitrogens with one attached hydrogen (secondary N) is 1. The van der Waals surface area contributed by atoms with Crippen molar-refractivity contribution in [1.29, 1.82) is 0 Å². The fourth-order valence-electron chi connectivity index (χ4n) is 5.19. The van der Waals surface area contributed by atoms with Gasteiger partial charge in [0, 0.05) is 28.3 Å². The first-order chi connectivity index (χ1) is 15.1. The zero-order chi connectivity index (χ0) is 22.3. The summed E-state index contributed by atoms with van der Waals surface area (Å²) in [6, 6.07) is 3.70. The molecule has 0 radical (unpaired) electrons. The second kappa shape index (κ2) is 6.53. The Bertz CT molecular complexity index is 1210. The number of halogens is 4. The summed E-state index contributed by atoms with van der Waals surface area (Å²) in [5, 5.41) is 11.3. The van der Waals surface area contributed by atoms with Crippen LogP contribution in [-0.2, 0) is 10.2 Å². The molecule has 0 aromatic carbocycles. The van der Waals surface area contributed by atoms with Crippen LogP contribution in [0.1, 0.15) is 60.3 Å². The lowest BCUT2D eigenvalue weighted by molar-refractivity contribution is -0.352. The van der Waals surface area contributed by atoms with Crippen LogP contribution in [-0.4, -0.2) is 43.5 Å². The molecule has 3 aromatic rings. The van der Waals surface area contributed by atoms with Crippen molar-refractivity contribution in [2.75, 3.05) is 0 Å². The van der Waals surface area contributed by atoms with Crippen LogP contribution in [0.5, 0.6) is 0 Å². The van der Waals surface area contributed by atoms with Crippen LogP contribution in [0.15, 0.2) is 33.4 Å². The van der Waals surface area contributed by atoms with E-state index in [4.69, 9.17) is 4.42 Å². The maximum atomic E-state index is 12.7. The van der Waals surface area contributed by atoms with Crippen LogP contribution in [0.2, 0.25) is 0 Å². The third kappa shape index (κ3) is 3.22. The lowest BCUT2D eigenvalue weighted by Gasteiger charge is -2.68. The van der Waals surface area contributed by atoms with Gasteiger partial charge in [0.2, 0.25) is 11.8 Å². The molecule has 0 aliphatic heterocycles. The highest BCUT2D eigenvalue weighted by molar-refractivity contribution is 9.10.